The molecule has 94 valence electrons. The molecule has 0 aromatic heterocycles. The van der Waals surface area contributed by atoms with E-state index in [0.717, 1.165) is 16.8 Å². The maximum Gasteiger partial charge on any atom is 0.270 e. The van der Waals surface area contributed by atoms with E-state index < -0.39 is 0 Å². The lowest BCUT2D eigenvalue weighted by Gasteiger charge is -2.17. The first-order valence-electron chi connectivity index (χ1n) is 5.77. The molecule has 1 amide bonds. The Morgan fingerprint density at radius 1 is 1.50 bits per heavy atom. The van der Waals surface area contributed by atoms with Gasteiger partial charge < -0.3 is 5.32 Å². The van der Waals surface area contributed by atoms with Gasteiger partial charge in [0.25, 0.3) is 5.91 Å². The van der Waals surface area contributed by atoms with E-state index in [-0.39, 0.29) is 5.91 Å². The zero-order valence-corrected chi connectivity index (χ0v) is 10.6. The first-order valence-corrected chi connectivity index (χ1v) is 5.77. The van der Waals surface area contributed by atoms with Crippen molar-refractivity contribution in [2.24, 2.45) is 10.1 Å². The molecule has 0 bridgehead atoms. The van der Waals surface area contributed by atoms with E-state index in [9.17, 15) is 4.79 Å². The molecule has 1 aliphatic heterocycles. The summed E-state index contributed by atoms with van der Waals surface area (Å²) >= 11 is 0. The van der Waals surface area contributed by atoms with E-state index in [2.05, 4.69) is 22.1 Å². The van der Waals surface area contributed by atoms with Gasteiger partial charge in [-0.05, 0) is 24.6 Å². The fourth-order valence-electron chi connectivity index (χ4n) is 1.96. The molecule has 1 aliphatic rings. The minimum absolute atomic E-state index is 0.108. The lowest BCUT2D eigenvalue weighted by molar-refractivity contribution is -0.114. The molecule has 0 radical (unpaired) electrons. The molecule has 5 nitrogen and oxygen atoms in total. The van der Waals surface area contributed by atoms with Crippen LogP contribution in [0, 0.1) is 6.92 Å². The number of hydrogen-bond donors (Lipinski definition) is 1. The number of amides is 1. The predicted molar refractivity (Wildman–Crippen MR) is 73.5 cm³/mol. The van der Waals surface area contributed by atoms with E-state index in [1.54, 1.807) is 5.01 Å². The second kappa shape index (κ2) is 5.00. The Bertz CT molecular complexity index is 522. The van der Waals surface area contributed by atoms with Gasteiger partial charge in [0.2, 0.25) is 0 Å². The summed E-state index contributed by atoms with van der Waals surface area (Å²) in [6.07, 6.45) is 0. The molecule has 1 aromatic rings. The van der Waals surface area contributed by atoms with Crippen molar-refractivity contribution >= 4 is 24.0 Å². The number of nitrogens with one attached hydrogen (secondary N) is 1. The van der Waals surface area contributed by atoms with E-state index in [0.29, 0.717) is 18.8 Å². The van der Waals surface area contributed by atoms with Gasteiger partial charge in [0.05, 0.1) is 12.2 Å². The molecule has 0 unspecified atom stereocenters. The highest BCUT2D eigenvalue weighted by molar-refractivity contribution is 6.45. The largest absolute Gasteiger partial charge is 0.349 e. The number of aryl methyl sites for hydroxylation is 1. The molecule has 0 spiro atoms. The van der Waals surface area contributed by atoms with Crippen molar-refractivity contribution < 1.29 is 4.79 Å². The molecule has 0 saturated carbocycles. The Balaban J connectivity index is 2.37. The average Bonchev–Trinajstić information content (AvgIpc) is 2.38. The van der Waals surface area contributed by atoms with Crippen molar-refractivity contribution in [3.63, 3.8) is 0 Å². The molecule has 0 aliphatic carbocycles. The molecule has 5 heteroatoms. The fourth-order valence-corrected chi connectivity index (χ4v) is 1.96. The lowest BCUT2D eigenvalue weighted by atomic mass is 10.0. The molecular weight excluding hydrogens is 228 g/mol. The second-order valence-electron chi connectivity index (χ2n) is 4.15. The fraction of sp³-hybridized carbons (Fsp3) is 0.308. The van der Waals surface area contributed by atoms with Gasteiger partial charge in [-0.2, -0.15) is 5.10 Å². The van der Waals surface area contributed by atoms with Crippen LogP contribution in [0.4, 0.5) is 5.69 Å². The molecule has 1 N–H and O–H groups in total. The molecule has 1 aromatic carbocycles. The molecule has 1 heterocycles. The van der Waals surface area contributed by atoms with Crippen LogP contribution >= 0.6 is 0 Å². The maximum absolute atomic E-state index is 11.7. The van der Waals surface area contributed by atoms with Crippen LogP contribution in [-0.2, 0) is 4.79 Å². The Labute approximate surface area is 106 Å². The van der Waals surface area contributed by atoms with E-state index in [4.69, 9.17) is 0 Å². The summed E-state index contributed by atoms with van der Waals surface area (Å²) < 4.78 is 0. The van der Waals surface area contributed by atoms with Gasteiger partial charge in [0.1, 0.15) is 5.71 Å². The molecule has 0 saturated heterocycles. The van der Waals surface area contributed by atoms with Crippen molar-refractivity contribution in [3.8, 4) is 0 Å². The second-order valence-corrected chi connectivity index (χ2v) is 4.15. The zero-order chi connectivity index (χ0) is 13.1. The summed E-state index contributed by atoms with van der Waals surface area (Å²) in [6, 6.07) is 5.75. The number of anilines is 1. The van der Waals surface area contributed by atoms with Crippen LogP contribution in [0.5, 0.6) is 0 Å². The summed E-state index contributed by atoms with van der Waals surface area (Å²) in [5, 5.41) is 8.34. The Morgan fingerprint density at radius 2 is 2.28 bits per heavy atom. The number of aliphatic imine (C=N–C) groups is 1. The highest BCUT2D eigenvalue weighted by atomic mass is 16.2. The number of nitrogens with zero attached hydrogens (tertiary/aromatic N) is 3. The summed E-state index contributed by atoms with van der Waals surface area (Å²) in [4.78, 5) is 16.0. The number of carbonyl (C=O) groups excluding carboxylic acids is 1. The quantitative estimate of drug-likeness (QED) is 0.636. The first-order chi connectivity index (χ1) is 8.63. The van der Waals surface area contributed by atoms with Gasteiger partial charge in [-0.3, -0.25) is 14.8 Å². The number of hydrazone groups is 1. The topological polar surface area (TPSA) is 57.1 Å². The van der Waals surface area contributed by atoms with E-state index in [1.807, 2.05) is 32.2 Å². The lowest BCUT2D eigenvalue weighted by Crippen LogP contribution is -2.37. The van der Waals surface area contributed by atoms with Crippen LogP contribution in [0.2, 0.25) is 0 Å². The van der Waals surface area contributed by atoms with Crippen LogP contribution in [0.3, 0.4) is 0 Å². The van der Waals surface area contributed by atoms with E-state index in [1.165, 1.54) is 0 Å². The van der Waals surface area contributed by atoms with Crippen LogP contribution in [0.25, 0.3) is 0 Å². The number of hydrogen-bond acceptors (Lipinski definition) is 4. The third-order valence-electron chi connectivity index (χ3n) is 2.91. The highest BCUT2D eigenvalue weighted by Crippen LogP contribution is 2.21. The van der Waals surface area contributed by atoms with Crippen molar-refractivity contribution in [2.45, 2.75) is 6.92 Å². The standard InChI is InChI=1S/C13H16N4O/c1-9-8-10(4-5-11(9)17(3)14-2)12-13(18)16-7-6-15-12/h4-5,8H,2,6-7H2,1,3H3,(H,16,18). The Morgan fingerprint density at radius 3 is 2.89 bits per heavy atom. The third-order valence-corrected chi connectivity index (χ3v) is 2.91. The van der Waals surface area contributed by atoms with Gasteiger partial charge in [-0.25, -0.2) is 0 Å². The van der Waals surface area contributed by atoms with Gasteiger partial charge in [0.15, 0.2) is 0 Å². The molecule has 2 rings (SSSR count). The van der Waals surface area contributed by atoms with Crippen LogP contribution < -0.4 is 10.3 Å². The van der Waals surface area contributed by atoms with Gasteiger partial charge in [0, 0.05) is 25.9 Å². The van der Waals surface area contributed by atoms with Gasteiger partial charge >= 0.3 is 0 Å². The van der Waals surface area contributed by atoms with Crippen LogP contribution in [0.1, 0.15) is 11.1 Å². The summed E-state index contributed by atoms with van der Waals surface area (Å²) in [6.45, 7) is 6.71. The first kappa shape index (κ1) is 12.3. The number of carbonyl (C=O) groups is 1. The monoisotopic (exact) mass is 244 g/mol. The SMILES string of the molecule is C=NN(C)c1ccc(C2=NCCNC2=O)cc1C. The zero-order valence-electron chi connectivity index (χ0n) is 10.6. The average molecular weight is 244 g/mol. The number of benzene rings is 1. The smallest absolute Gasteiger partial charge is 0.270 e. The Kier molecular flexibility index (Phi) is 3.41. The van der Waals surface area contributed by atoms with Crippen molar-refractivity contribution in [2.75, 3.05) is 25.1 Å². The van der Waals surface area contributed by atoms with Crippen molar-refractivity contribution in [1.29, 1.82) is 0 Å². The van der Waals surface area contributed by atoms with Crippen molar-refractivity contribution in [3.05, 3.63) is 29.3 Å². The molecule has 0 atom stereocenters. The minimum atomic E-state index is -0.108. The van der Waals surface area contributed by atoms with E-state index >= 15 is 0 Å². The van der Waals surface area contributed by atoms with Crippen LogP contribution in [0.15, 0.2) is 28.3 Å². The molecular formula is C13H16N4O. The summed E-state index contributed by atoms with van der Waals surface area (Å²) in [7, 11) is 1.83. The van der Waals surface area contributed by atoms with Crippen LogP contribution in [-0.4, -0.2) is 38.5 Å². The molecule has 18 heavy (non-hydrogen) atoms. The maximum atomic E-state index is 11.7. The molecule has 0 fully saturated rings. The Hall–Kier alpha value is -2.17. The highest BCUT2D eigenvalue weighted by Gasteiger charge is 2.17. The third kappa shape index (κ3) is 2.25. The van der Waals surface area contributed by atoms with Crippen molar-refractivity contribution in [1.82, 2.24) is 5.32 Å². The van der Waals surface area contributed by atoms with Gasteiger partial charge in [-0.15, -0.1) is 0 Å². The summed E-state index contributed by atoms with van der Waals surface area (Å²) in [5.74, 6) is -0.108. The number of rotatable bonds is 3. The minimum Gasteiger partial charge on any atom is -0.349 e. The van der Waals surface area contributed by atoms with Gasteiger partial charge in [-0.1, -0.05) is 6.07 Å². The summed E-state index contributed by atoms with van der Waals surface area (Å²) in [5.41, 5.74) is 3.34. The predicted octanol–water partition coefficient (Wildman–Crippen LogP) is 0.966. The normalized spacial score (nSPS) is 14.8.